The van der Waals surface area contributed by atoms with Crippen molar-refractivity contribution < 1.29 is 9.53 Å². The third-order valence-corrected chi connectivity index (χ3v) is 5.91. The zero-order valence-corrected chi connectivity index (χ0v) is 18.4. The van der Waals surface area contributed by atoms with E-state index in [-0.39, 0.29) is 18.3 Å². The van der Waals surface area contributed by atoms with E-state index in [1.165, 1.54) is 11.8 Å². The molecule has 0 saturated heterocycles. The van der Waals surface area contributed by atoms with Gasteiger partial charge in [0.2, 0.25) is 5.91 Å². The second-order valence-electron chi connectivity index (χ2n) is 6.76. The lowest BCUT2D eigenvalue weighted by Crippen LogP contribution is -2.15. The lowest BCUT2D eigenvalue weighted by Gasteiger charge is -2.10. The highest BCUT2D eigenvalue weighted by Crippen LogP contribution is 2.26. The number of hydrogen-bond acceptors (Lipinski definition) is 5. The van der Waals surface area contributed by atoms with Crippen LogP contribution >= 0.6 is 23.4 Å². The number of halogens is 1. The van der Waals surface area contributed by atoms with Gasteiger partial charge in [-0.15, -0.1) is 10.2 Å². The van der Waals surface area contributed by atoms with Crippen LogP contribution in [0.3, 0.4) is 0 Å². The number of nitrogens with one attached hydrogen (secondary N) is 1. The molecule has 1 amide bonds. The maximum Gasteiger partial charge on any atom is 0.234 e. The topological polar surface area (TPSA) is 69.0 Å². The SMILES string of the molecule is Cc1ccc(Cl)c(OCc2nnc(SCC(=O)Nc3cccc(C)c3C)n2C)c1. The molecule has 0 fully saturated rings. The van der Waals surface area contributed by atoms with E-state index in [0.29, 0.717) is 21.8 Å². The molecule has 0 unspecified atom stereocenters. The maximum absolute atomic E-state index is 12.3. The predicted molar refractivity (Wildman–Crippen MR) is 117 cm³/mol. The van der Waals surface area contributed by atoms with E-state index in [1.54, 1.807) is 6.07 Å². The highest BCUT2D eigenvalue weighted by Gasteiger charge is 2.13. The molecule has 0 aliphatic heterocycles. The Labute approximate surface area is 179 Å². The standard InChI is InChI=1S/C21H23ClN4O2S/c1-13-8-9-16(22)18(10-13)28-11-19-24-25-21(26(19)4)29-12-20(27)23-17-7-5-6-14(2)15(17)3/h5-10H,11-12H2,1-4H3,(H,23,27). The Bertz CT molecular complexity index is 1040. The van der Waals surface area contributed by atoms with Crippen LogP contribution in [0.1, 0.15) is 22.5 Å². The van der Waals surface area contributed by atoms with Gasteiger partial charge < -0.3 is 14.6 Å². The summed E-state index contributed by atoms with van der Waals surface area (Å²) in [6.07, 6.45) is 0. The molecule has 2 aromatic carbocycles. The second kappa shape index (κ2) is 9.33. The molecule has 8 heteroatoms. The Morgan fingerprint density at radius 1 is 1.21 bits per heavy atom. The number of amides is 1. The summed E-state index contributed by atoms with van der Waals surface area (Å²) in [5, 5.41) is 12.5. The number of thioether (sulfide) groups is 1. The molecule has 1 N–H and O–H groups in total. The van der Waals surface area contributed by atoms with Gasteiger partial charge in [-0.25, -0.2) is 0 Å². The molecule has 0 bridgehead atoms. The van der Waals surface area contributed by atoms with Crippen LogP contribution in [0.25, 0.3) is 0 Å². The third-order valence-electron chi connectivity index (χ3n) is 4.58. The van der Waals surface area contributed by atoms with Crippen LogP contribution in [-0.2, 0) is 18.4 Å². The number of benzene rings is 2. The molecular formula is C21H23ClN4O2S. The van der Waals surface area contributed by atoms with Crippen LogP contribution in [0.4, 0.5) is 5.69 Å². The van der Waals surface area contributed by atoms with Gasteiger partial charge in [0.15, 0.2) is 11.0 Å². The molecule has 29 heavy (non-hydrogen) atoms. The van der Waals surface area contributed by atoms with Gasteiger partial charge in [0, 0.05) is 12.7 Å². The summed E-state index contributed by atoms with van der Waals surface area (Å²) in [5.74, 6) is 1.41. The summed E-state index contributed by atoms with van der Waals surface area (Å²) in [6, 6.07) is 11.5. The molecule has 0 atom stereocenters. The molecule has 1 heterocycles. The molecule has 6 nitrogen and oxygen atoms in total. The maximum atomic E-state index is 12.3. The molecule has 0 aliphatic carbocycles. The van der Waals surface area contributed by atoms with Crippen LogP contribution < -0.4 is 10.1 Å². The molecule has 3 aromatic rings. The van der Waals surface area contributed by atoms with Gasteiger partial charge in [0.05, 0.1) is 10.8 Å². The van der Waals surface area contributed by atoms with E-state index in [4.69, 9.17) is 16.3 Å². The average Bonchev–Trinajstić information content (AvgIpc) is 3.04. The van der Waals surface area contributed by atoms with Crippen molar-refractivity contribution in [2.24, 2.45) is 7.05 Å². The lowest BCUT2D eigenvalue weighted by atomic mass is 10.1. The first kappa shape index (κ1) is 21.2. The minimum atomic E-state index is -0.0870. The van der Waals surface area contributed by atoms with Crippen molar-refractivity contribution >= 4 is 35.0 Å². The van der Waals surface area contributed by atoms with Crippen LogP contribution in [0, 0.1) is 20.8 Å². The summed E-state index contributed by atoms with van der Waals surface area (Å²) in [6.45, 7) is 6.23. The first-order valence-electron chi connectivity index (χ1n) is 9.11. The van der Waals surface area contributed by atoms with Crippen LogP contribution in [0.5, 0.6) is 5.75 Å². The van der Waals surface area contributed by atoms with E-state index in [2.05, 4.69) is 15.5 Å². The summed E-state index contributed by atoms with van der Waals surface area (Å²) < 4.78 is 7.60. The molecule has 1 aromatic heterocycles. The number of aromatic nitrogens is 3. The van der Waals surface area contributed by atoms with E-state index in [1.807, 2.05) is 62.7 Å². The zero-order chi connectivity index (χ0) is 21.0. The first-order valence-corrected chi connectivity index (χ1v) is 10.5. The minimum Gasteiger partial charge on any atom is -0.484 e. The monoisotopic (exact) mass is 430 g/mol. The van der Waals surface area contributed by atoms with Crippen molar-refractivity contribution in [2.45, 2.75) is 32.5 Å². The molecule has 0 radical (unpaired) electrons. The fourth-order valence-electron chi connectivity index (χ4n) is 2.66. The molecule has 0 aliphatic rings. The van der Waals surface area contributed by atoms with Crippen molar-refractivity contribution in [1.29, 1.82) is 0 Å². The van der Waals surface area contributed by atoms with Gasteiger partial charge in [0.25, 0.3) is 0 Å². The van der Waals surface area contributed by atoms with Gasteiger partial charge in [-0.2, -0.15) is 0 Å². The lowest BCUT2D eigenvalue weighted by molar-refractivity contribution is -0.113. The number of nitrogens with zero attached hydrogens (tertiary/aromatic N) is 3. The Balaban J connectivity index is 1.57. The molecular weight excluding hydrogens is 408 g/mol. The van der Waals surface area contributed by atoms with Crippen molar-refractivity contribution in [3.8, 4) is 5.75 Å². The second-order valence-corrected chi connectivity index (χ2v) is 8.11. The average molecular weight is 431 g/mol. The van der Waals surface area contributed by atoms with Gasteiger partial charge in [-0.1, -0.05) is 41.6 Å². The number of aryl methyl sites for hydroxylation is 2. The number of hydrogen-bond donors (Lipinski definition) is 1. The van der Waals surface area contributed by atoms with E-state index < -0.39 is 0 Å². The van der Waals surface area contributed by atoms with Gasteiger partial charge in [-0.3, -0.25) is 4.79 Å². The number of carbonyl (C=O) groups is 1. The molecule has 0 saturated carbocycles. The van der Waals surface area contributed by atoms with E-state index >= 15 is 0 Å². The summed E-state index contributed by atoms with van der Waals surface area (Å²) in [4.78, 5) is 12.3. The number of ether oxygens (including phenoxy) is 1. The van der Waals surface area contributed by atoms with E-state index in [0.717, 1.165) is 22.4 Å². The van der Waals surface area contributed by atoms with Gasteiger partial charge >= 0.3 is 0 Å². The van der Waals surface area contributed by atoms with Crippen LogP contribution in [0.15, 0.2) is 41.6 Å². The first-order chi connectivity index (χ1) is 13.8. The number of carbonyl (C=O) groups excluding carboxylic acids is 1. The van der Waals surface area contributed by atoms with Crippen LogP contribution in [0.2, 0.25) is 5.02 Å². The number of anilines is 1. The summed E-state index contributed by atoms with van der Waals surface area (Å²) in [7, 11) is 1.85. The third kappa shape index (κ3) is 5.31. The quantitative estimate of drug-likeness (QED) is 0.550. The highest BCUT2D eigenvalue weighted by atomic mass is 35.5. The van der Waals surface area contributed by atoms with Gasteiger partial charge in [-0.05, 0) is 55.7 Å². The fraction of sp³-hybridized carbons (Fsp3) is 0.286. The number of rotatable bonds is 7. The Hall–Kier alpha value is -2.51. The van der Waals surface area contributed by atoms with Crippen molar-refractivity contribution in [3.05, 3.63) is 63.9 Å². The largest absolute Gasteiger partial charge is 0.484 e. The molecule has 0 spiro atoms. The normalized spacial score (nSPS) is 10.8. The predicted octanol–water partition coefficient (Wildman–Crippen LogP) is 4.70. The van der Waals surface area contributed by atoms with Crippen molar-refractivity contribution in [1.82, 2.24) is 14.8 Å². The highest BCUT2D eigenvalue weighted by molar-refractivity contribution is 7.99. The minimum absolute atomic E-state index is 0.0870. The van der Waals surface area contributed by atoms with Crippen molar-refractivity contribution in [2.75, 3.05) is 11.1 Å². The smallest absolute Gasteiger partial charge is 0.234 e. The van der Waals surface area contributed by atoms with E-state index in [9.17, 15) is 4.79 Å². The Morgan fingerprint density at radius 3 is 2.79 bits per heavy atom. The summed E-state index contributed by atoms with van der Waals surface area (Å²) in [5.41, 5.74) is 4.10. The Kier molecular flexibility index (Phi) is 6.82. The molecule has 152 valence electrons. The Morgan fingerprint density at radius 2 is 2.00 bits per heavy atom. The molecule has 3 rings (SSSR count). The zero-order valence-electron chi connectivity index (χ0n) is 16.8. The fourth-order valence-corrected chi connectivity index (χ4v) is 3.56. The van der Waals surface area contributed by atoms with Gasteiger partial charge in [0.1, 0.15) is 12.4 Å². The summed E-state index contributed by atoms with van der Waals surface area (Å²) >= 11 is 7.49. The van der Waals surface area contributed by atoms with Crippen LogP contribution in [-0.4, -0.2) is 26.4 Å². The van der Waals surface area contributed by atoms with Crippen molar-refractivity contribution in [3.63, 3.8) is 0 Å².